The van der Waals surface area contributed by atoms with Crippen molar-refractivity contribution in [2.24, 2.45) is 0 Å². The summed E-state index contributed by atoms with van der Waals surface area (Å²) in [5.41, 5.74) is 1.10. The summed E-state index contributed by atoms with van der Waals surface area (Å²) in [6.45, 7) is 6.98. The molecule has 2 aromatic rings. The topological polar surface area (TPSA) is 60.2 Å². The summed E-state index contributed by atoms with van der Waals surface area (Å²) < 4.78 is 5.48. The first-order valence-electron chi connectivity index (χ1n) is 11.2. The van der Waals surface area contributed by atoms with E-state index in [1.54, 1.807) is 6.26 Å². The molecular formula is C24H32N4O3. The minimum absolute atomic E-state index is 0.0989. The molecule has 0 aliphatic carbocycles. The van der Waals surface area contributed by atoms with E-state index in [2.05, 4.69) is 9.80 Å². The van der Waals surface area contributed by atoms with Gasteiger partial charge in [-0.2, -0.15) is 0 Å². The molecule has 0 N–H and O–H groups in total. The highest BCUT2D eigenvalue weighted by Crippen LogP contribution is 2.13. The van der Waals surface area contributed by atoms with Gasteiger partial charge in [-0.1, -0.05) is 30.3 Å². The smallest absolute Gasteiger partial charge is 0.237 e. The van der Waals surface area contributed by atoms with Gasteiger partial charge in [0.05, 0.1) is 25.9 Å². The number of piperazine rings is 1. The Morgan fingerprint density at radius 1 is 0.806 bits per heavy atom. The molecule has 0 unspecified atom stereocenters. The van der Waals surface area contributed by atoms with Crippen LogP contribution >= 0.6 is 0 Å². The van der Waals surface area contributed by atoms with Gasteiger partial charge in [0.2, 0.25) is 11.8 Å². The Morgan fingerprint density at radius 2 is 1.48 bits per heavy atom. The number of benzene rings is 1. The van der Waals surface area contributed by atoms with E-state index >= 15 is 0 Å². The lowest BCUT2D eigenvalue weighted by Crippen LogP contribution is -2.52. The molecule has 0 saturated carbocycles. The van der Waals surface area contributed by atoms with Crippen LogP contribution in [0.25, 0.3) is 0 Å². The molecule has 2 fully saturated rings. The molecule has 3 heterocycles. The second-order valence-corrected chi connectivity index (χ2v) is 8.45. The van der Waals surface area contributed by atoms with Crippen molar-refractivity contribution >= 4 is 11.8 Å². The van der Waals surface area contributed by atoms with Crippen molar-refractivity contribution in [2.45, 2.75) is 25.9 Å². The Labute approximate surface area is 184 Å². The average Bonchev–Trinajstić information content (AvgIpc) is 3.50. The van der Waals surface area contributed by atoms with Crippen molar-refractivity contribution in [3.8, 4) is 0 Å². The Bertz CT molecular complexity index is 826. The summed E-state index contributed by atoms with van der Waals surface area (Å²) in [6.07, 6.45) is 3.89. The van der Waals surface area contributed by atoms with Gasteiger partial charge in [0.15, 0.2) is 0 Å². The lowest BCUT2D eigenvalue weighted by atomic mass is 10.2. The number of furan rings is 1. The van der Waals surface area contributed by atoms with Crippen molar-refractivity contribution in [1.82, 2.24) is 19.6 Å². The standard InChI is InChI=1S/C24H32N4O3/c29-23(27-10-4-5-11-27)19-25-12-14-26(15-13-25)20-24(30)28(18-22-9-6-16-31-22)17-21-7-2-1-3-8-21/h1-3,6-9,16H,4-5,10-15,17-20H2. The van der Waals surface area contributed by atoms with Crippen LogP contribution in [0.5, 0.6) is 0 Å². The highest BCUT2D eigenvalue weighted by atomic mass is 16.3. The van der Waals surface area contributed by atoms with Crippen molar-refractivity contribution < 1.29 is 14.0 Å². The SMILES string of the molecule is O=C(CN1CCN(CC(=O)N(Cc2ccccc2)Cc2ccco2)CC1)N1CCCC1. The van der Waals surface area contributed by atoms with Gasteiger partial charge in [-0.05, 0) is 30.5 Å². The molecule has 31 heavy (non-hydrogen) atoms. The lowest BCUT2D eigenvalue weighted by Gasteiger charge is -2.35. The van der Waals surface area contributed by atoms with Crippen molar-refractivity contribution in [2.75, 3.05) is 52.4 Å². The molecule has 2 aliphatic heterocycles. The number of hydrogen-bond donors (Lipinski definition) is 0. The van der Waals surface area contributed by atoms with Gasteiger partial charge in [0.1, 0.15) is 5.76 Å². The summed E-state index contributed by atoms with van der Waals surface area (Å²) in [6, 6.07) is 13.8. The first kappa shape index (κ1) is 21.6. The zero-order valence-corrected chi connectivity index (χ0v) is 18.1. The highest BCUT2D eigenvalue weighted by molar-refractivity contribution is 5.79. The first-order chi connectivity index (χ1) is 15.2. The number of likely N-dealkylation sites (tertiary alicyclic amines) is 1. The maximum Gasteiger partial charge on any atom is 0.237 e. The molecule has 1 aromatic carbocycles. The lowest BCUT2D eigenvalue weighted by molar-refractivity contribution is -0.135. The number of amides is 2. The van der Waals surface area contributed by atoms with Crippen LogP contribution in [0.15, 0.2) is 53.1 Å². The van der Waals surface area contributed by atoms with Gasteiger partial charge in [-0.3, -0.25) is 19.4 Å². The molecule has 0 spiro atoms. The largest absolute Gasteiger partial charge is 0.467 e. The molecule has 0 bridgehead atoms. The fourth-order valence-electron chi connectivity index (χ4n) is 4.28. The van der Waals surface area contributed by atoms with E-state index < -0.39 is 0 Å². The normalized spacial score (nSPS) is 17.7. The Hall–Kier alpha value is -2.64. The molecule has 7 nitrogen and oxygen atoms in total. The van der Waals surface area contributed by atoms with Crippen molar-refractivity contribution in [3.63, 3.8) is 0 Å². The van der Waals surface area contributed by atoms with Crippen LogP contribution in [-0.4, -0.2) is 83.8 Å². The Morgan fingerprint density at radius 3 is 2.13 bits per heavy atom. The van der Waals surface area contributed by atoms with Gasteiger partial charge in [0, 0.05) is 45.8 Å². The third-order valence-electron chi connectivity index (χ3n) is 6.14. The molecular weight excluding hydrogens is 392 g/mol. The minimum atomic E-state index is 0.0989. The number of nitrogens with zero attached hydrogens (tertiary/aromatic N) is 4. The number of carbonyl (C=O) groups excluding carboxylic acids is 2. The van der Waals surface area contributed by atoms with Crippen LogP contribution in [-0.2, 0) is 22.7 Å². The van der Waals surface area contributed by atoms with Crippen LogP contribution in [0.4, 0.5) is 0 Å². The zero-order valence-electron chi connectivity index (χ0n) is 18.1. The third kappa shape index (κ3) is 6.18. The predicted molar refractivity (Wildman–Crippen MR) is 118 cm³/mol. The molecule has 0 radical (unpaired) electrons. The average molecular weight is 425 g/mol. The van der Waals surface area contributed by atoms with E-state index in [9.17, 15) is 9.59 Å². The second-order valence-electron chi connectivity index (χ2n) is 8.45. The van der Waals surface area contributed by atoms with Crippen LogP contribution in [0, 0.1) is 0 Å². The number of carbonyl (C=O) groups is 2. The molecule has 4 rings (SSSR count). The highest BCUT2D eigenvalue weighted by Gasteiger charge is 2.25. The zero-order chi connectivity index (χ0) is 21.5. The molecule has 1 aromatic heterocycles. The van der Waals surface area contributed by atoms with E-state index in [1.165, 1.54) is 0 Å². The van der Waals surface area contributed by atoms with Gasteiger partial charge in [0.25, 0.3) is 0 Å². The van der Waals surface area contributed by atoms with Gasteiger partial charge in [-0.15, -0.1) is 0 Å². The third-order valence-corrected chi connectivity index (χ3v) is 6.14. The minimum Gasteiger partial charge on any atom is -0.467 e. The summed E-state index contributed by atoms with van der Waals surface area (Å²) in [7, 11) is 0. The summed E-state index contributed by atoms with van der Waals surface area (Å²) in [4.78, 5) is 33.8. The molecule has 7 heteroatoms. The van der Waals surface area contributed by atoms with E-state index in [0.29, 0.717) is 26.2 Å². The van der Waals surface area contributed by atoms with E-state index in [-0.39, 0.29) is 11.8 Å². The Kier molecular flexibility index (Phi) is 7.38. The van der Waals surface area contributed by atoms with E-state index in [0.717, 1.165) is 63.4 Å². The van der Waals surface area contributed by atoms with Gasteiger partial charge in [-0.25, -0.2) is 0 Å². The Balaban J connectivity index is 1.28. The molecule has 0 atom stereocenters. The fourth-order valence-corrected chi connectivity index (χ4v) is 4.28. The fraction of sp³-hybridized carbons (Fsp3) is 0.500. The van der Waals surface area contributed by atoms with E-state index in [4.69, 9.17) is 4.42 Å². The number of hydrogen-bond acceptors (Lipinski definition) is 5. The molecule has 2 saturated heterocycles. The van der Waals surface area contributed by atoms with Crippen LogP contribution in [0.2, 0.25) is 0 Å². The predicted octanol–water partition coefficient (Wildman–Crippen LogP) is 2.05. The molecule has 2 amide bonds. The van der Waals surface area contributed by atoms with Gasteiger partial charge < -0.3 is 14.2 Å². The first-order valence-corrected chi connectivity index (χ1v) is 11.2. The summed E-state index contributed by atoms with van der Waals surface area (Å²) >= 11 is 0. The van der Waals surface area contributed by atoms with Crippen molar-refractivity contribution in [1.29, 1.82) is 0 Å². The maximum atomic E-state index is 13.1. The van der Waals surface area contributed by atoms with Crippen LogP contribution in [0.3, 0.4) is 0 Å². The summed E-state index contributed by atoms with van der Waals surface area (Å²) in [5.74, 6) is 1.13. The van der Waals surface area contributed by atoms with E-state index in [1.807, 2.05) is 52.3 Å². The summed E-state index contributed by atoms with van der Waals surface area (Å²) in [5, 5.41) is 0. The molecule has 166 valence electrons. The molecule has 2 aliphatic rings. The van der Waals surface area contributed by atoms with Crippen LogP contribution < -0.4 is 0 Å². The van der Waals surface area contributed by atoms with Crippen LogP contribution in [0.1, 0.15) is 24.2 Å². The quantitative estimate of drug-likeness (QED) is 0.649. The second kappa shape index (κ2) is 10.6. The van der Waals surface area contributed by atoms with Gasteiger partial charge >= 0.3 is 0 Å². The monoisotopic (exact) mass is 424 g/mol. The maximum absolute atomic E-state index is 13.1. The van der Waals surface area contributed by atoms with Crippen molar-refractivity contribution in [3.05, 3.63) is 60.1 Å². The number of rotatable bonds is 8.